The maximum atomic E-state index is 4.70. The third kappa shape index (κ3) is 3.05. The lowest BCUT2D eigenvalue weighted by molar-refractivity contribution is 0.589. The molecule has 1 aliphatic heterocycles. The highest BCUT2D eigenvalue weighted by molar-refractivity contribution is 5.56. The topological polar surface area (TPSA) is 45.5 Å². The molecule has 5 heteroatoms. The van der Waals surface area contributed by atoms with Gasteiger partial charge in [0.2, 0.25) is 0 Å². The predicted molar refractivity (Wildman–Crippen MR) is 92.1 cm³/mol. The van der Waals surface area contributed by atoms with Crippen molar-refractivity contribution in [2.24, 2.45) is 0 Å². The Morgan fingerprint density at radius 1 is 1.09 bits per heavy atom. The van der Waals surface area contributed by atoms with Crippen LogP contribution in [0, 0.1) is 6.92 Å². The van der Waals surface area contributed by atoms with Crippen molar-refractivity contribution in [2.75, 3.05) is 31.1 Å². The number of piperazine rings is 1. The van der Waals surface area contributed by atoms with Gasteiger partial charge in [0.25, 0.3) is 0 Å². The molecule has 0 spiro atoms. The number of hydrogen-bond donors (Lipinski definition) is 1. The number of aromatic nitrogens is 3. The molecule has 1 aliphatic rings. The van der Waals surface area contributed by atoms with Crippen LogP contribution in [0.15, 0.2) is 42.6 Å². The molecule has 1 aromatic carbocycles. The first kappa shape index (κ1) is 14.2. The van der Waals surface area contributed by atoms with Crippen LogP contribution < -0.4 is 10.2 Å². The minimum atomic E-state index is 0.769. The smallest absolute Gasteiger partial charge is 0.157 e. The molecule has 0 radical (unpaired) electrons. The molecular weight excluding hydrogens is 286 g/mol. The molecule has 23 heavy (non-hydrogen) atoms. The predicted octanol–water partition coefficient (Wildman–Crippen LogP) is 2.04. The molecule has 0 saturated carbocycles. The van der Waals surface area contributed by atoms with Crippen LogP contribution in [0.1, 0.15) is 17.0 Å². The van der Waals surface area contributed by atoms with Gasteiger partial charge in [-0.3, -0.25) is 0 Å². The van der Waals surface area contributed by atoms with Crippen molar-refractivity contribution in [3.63, 3.8) is 0 Å². The van der Waals surface area contributed by atoms with Gasteiger partial charge in [-0.1, -0.05) is 29.8 Å². The summed E-state index contributed by atoms with van der Waals surface area (Å²) in [4.78, 5) is 7.09. The van der Waals surface area contributed by atoms with Crippen LogP contribution in [0.5, 0.6) is 0 Å². The molecule has 0 amide bonds. The van der Waals surface area contributed by atoms with E-state index in [4.69, 9.17) is 4.98 Å². The van der Waals surface area contributed by atoms with Crippen LogP contribution in [0.4, 0.5) is 5.69 Å². The van der Waals surface area contributed by atoms with Gasteiger partial charge in [0.05, 0.1) is 0 Å². The van der Waals surface area contributed by atoms with E-state index in [0.717, 1.165) is 44.1 Å². The fourth-order valence-corrected chi connectivity index (χ4v) is 3.00. The Morgan fingerprint density at radius 3 is 2.65 bits per heavy atom. The molecule has 0 unspecified atom stereocenters. The van der Waals surface area contributed by atoms with E-state index >= 15 is 0 Å². The summed E-state index contributed by atoms with van der Waals surface area (Å²) in [6.45, 7) is 6.26. The van der Waals surface area contributed by atoms with Crippen molar-refractivity contribution in [1.82, 2.24) is 19.9 Å². The summed E-state index contributed by atoms with van der Waals surface area (Å²) >= 11 is 0. The van der Waals surface area contributed by atoms with Crippen molar-refractivity contribution in [3.05, 3.63) is 59.5 Å². The Kier molecular flexibility index (Phi) is 3.71. The van der Waals surface area contributed by atoms with Crippen molar-refractivity contribution in [1.29, 1.82) is 0 Å². The zero-order valence-corrected chi connectivity index (χ0v) is 13.4. The van der Waals surface area contributed by atoms with Crippen molar-refractivity contribution < 1.29 is 0 Å². The van der Waals surface area contributed by atoms with E-state index in [1.807, 2.05) is 10.7 Å². The van der Waals surface area contributed by atoms with Crippen LogP contribution in [0.25, 0.3) is 5.65 Å². The Bertz CT molecular complexity index is 800. The summed E-state index contributed by atoms with van der Waals surface area (Å²) in [5.41, 5.74) is 4.67. The number of rotatable bonds is 3. The van der Waals surface area contributed by atoms with Gasteiger partial charge in [0, 0.05) is 50.6 Å². The second-order valence-corrected chi connectivity index (χ2v) is 6.12. The molecule has 5 nitrogen and oxygen atoms in total. The summed E-state index contributed by atoms with van der Waals surface area (Å²) in [7, 11) is 0. The van der Waals surface area contributed by atoms with Crippen molar-refractivity contribution in [2.45, 2.75) is 13.3 Å². The Labute approximate surface area is 136 Å². The average molecular weight is 307 g/mol. The molecule has 0 atom stereocenters. The van der Waals surface area contributed by atoms with Gasteiger partial charge >= 0.3 is 0 Å². The molecule has 3 heterocycles. The van der Waals surface area contributed by atoms with Gasteiger partial charge in [-0.05, 0) is 18.6 Å². The average Bonchev–Trinajstić information content (AvgIpc) is 2.99. The first-order valence-corrected chi connectivity index (χ1v) is 8.14. The van der Waals surface area contributed by atoms with Crippen LogP contribution in [0.3, 0.4) is 0 Å². The Morgan fingerprint density at radius 2 is 1.87 bits per heavy atom. The molecule has 1 saturated heterocycles. The summed E-state index contributed by atoms with van der Waals surface area (Å²) < 4.78 is 1.87. The van der Waals surface area contributed by atoms with Gasteiger partial charge in [-0.25, -0.2) is 9.50 Å². The number of hydrogen-bond acceptors (Lipinski definition) is 4. The van der Waals surface area contributed by atoms with Gasteiger partial charge in [-0.15, -0.1) is 0 Å². The molecule has 0 aliphatic carbocycles. The lowest BCUT2D eigenvalue weighted by Crippen LogP contribution is -2.43. The van der Waals surface area contributed by atoms with Gasteiger partial charge in [0.1, 0.15) is 0 Å². The number of benzene rings is 1. The molecule has 1 N–H and O–H groups in total. The minimum Gasteiger partial charge on any atom is -0.369 e. The standard InChI is InChI=1S/C18H21N5/c1-14-2-4-15(5-3-14)12-17-20-18-13-16(6-9-23(18)21-17)22-10-7-19-8-11-22/h2-6,9,13,19H,7-8,10-12H2,1H3. The van der Waals surface area contributed by atoms with E-state index in [2.05, 4.69) is 58.6 Å². The first-order valence-electron chi connectivity index (χ1n) is 8.14. The number of nitrogens with zero attached hydrogens (tertiary/aromatic N) is 4. The normalized spacial score (nSPS) is 15.3. The second-order valence-electron chi connectivity index (χ2n) is 6.12. The van der Waals surface area contributed by atoms with E-state index in [1.165, 1.54) is 16.8 Å². The number of nitrogens with one attached hydrogen (secondary N) is 1. The number of pyridine rings is 1. The van der Waals surface area contributed by atoms with Crippen molar-refractivity contribution >= 4 is 11.3 Å². The maximum absolute atomic E-state index is 4.70. The lowest BCUT2D eigenvalue weighted by atomic mass is 10.1. The fraction of sp³-hybridized carbons (Fsp3) is 0.333. The van der Waals surface area contributed by atoms with Crippen LogP contribution in [-0.2, 0) is 6.42 Å². The van der Waals surface area contributed by atoms with Crippen LogP contribution >= 0.6 is 0 Å². The third-order valence-electron chi connectivity index (χ3n) is 4.33. The summed E-state index contributed by atoms with van der Waals surface area (Å²) in [6, 6.07) is 12.8. The van der Waals surface area contributed by atoms with Crippen LogP contribution in [0.2, 0.25) is 0 Å². The fourth-order valence-electron chi connectivity index (χ4n) is 3.00. The minimum absolute atomic E-state index is 0.769. The molecule has 118 valence electrons. The Hall–Kier alpha value is -2.40. The largest absolute Gasteiger partial charge is 0.369 e. The third-order valence-corrected chi connectivity index (χ3v) is 4.33. The molecule has 0 bridgehead atoms. The highest BCUT2D eigenvalue weighted by Gasteiger charge is 2.12. The van der Waals surface area contributed by atoms with Crippen molar-refractivity contribution in [3.8, 4) is 0 Å². The number of anilines is 1. The zero-order chi connectivity index (χ0) is 15.6. The van der Waals surface area contributed by atoms with Gasteiger partial charge < -0.3 is 10.2 Å². The summed E-state index contributed by atoms with van der Waals surface area (Å²) in [5, 5.41) is 7.97. The molecule has 1 fully saturated rings. The zero-order valence-electron chi connectivity index (χ0n) is 13.4. The van der Waals surface area contributed by atoms with E-state index in [0.29, 0.717) is 0 Å². The highest BCUT2D eigenvalue weighted by Crippen LogP contribution is 2.17. The molecule has 3 aromatic rings. The lowest BCUT2D eigenvalue weighted by Gasteiger charge is -2.29. The summed E-state index contributed by atoms with van der Waals surface area (Å²) in [6.07, 6.45) is 2.78. The molecule has 2 aromatic heterocycles. The molecule has 4 rings (SSSR count). The second kappa shape index (κ2) is 6.01. The van der Waals surface area contributed by atoms with Crippen LogP contribution in [-0.4, -0.2) is 40.8 Å². The SMILES string of the molecule is Cc1ccc(Cc2nc3cc(N4CCNCC4)ccn3n2)cc1. The summed E-state index contributed by atoms with van der Waals surface area (Å²) in [5.74, 6) is 0.867. The monoisotopic (exact) mass is 307 g/mol. The maximum Gasteiger partial charge on any atom is 0.157 e. The van der Waals surface area contributed by atoms with E-state index in [1.54, 1.807) is 0 Å². The first-order chi connectivity index (χ1) is 11.3. The quantitative estimate of drug-likeness (QED) is 0.804. The Balaban J connectivity index is 1.58. The number of aryl methyl sites for hydroxylation is 1. The number of fused-ring (bicyclic) bond motifs is 1. The highest BCUT2D eigenvalue weighted by atomic mass is 15.3. The van der Waals surface area contributed by atoms with Gasteiger partial charge in [0.15, 0.2) is 11.5 Å². The van der Waals surface area contributed by atoms with E-state index in [9.17, 15) is 0 Å². The van der Waals surface area contributed by atoms with E-state index in [-0.39, 0.29) is 0 Å². The van der Waals surface area contributed by atoms with E-state index < -0.39 is 0 Å². The molecular formula is C18H21N5. The van der Waals surface area contributed by atoms with Gasteiger partial charge in [-0.2, -0.15) is 5.10 Å².